The van der Waals surface area contributed by atoms with E-state index in [9.17, 15) is 0 Å². The minimum absolute atomic E-state index is 0.0153. The Hall–Kier alpha value is -1.80. The Bertz CT molecular complexity index is 763. The van der Waals surface area contributed by atoms with Gasteiger partial charge in [0, 0.05) is 0 Å². The molecule has 0 aliphatic heterocycles. The Kier molecular flexibility index (Phi) is 2.19. The molecule has 3 aromatic carbocycles. The molecule has 2 bridgehead atoms. The molecule has 3 aliphatic carbocycles. The molecule has 97 valence electrons. The molecule has 0 amide bonds. The van der Waals surface area contributed by atoms with Crippen LogP contribution in [0.2, 0.25) is 0 Å². The summed E-state index contributed by atoms with van der Waals surface area (Å²) in [6.45, 7) is 0. The van der Waals surface area contributed by atoms with Crippen molar-refractivity contribution in [1.29, 1.82) is 0 Å². The molecule has 21 heavy (non-hydrogen) atoms. The van der Waals surface area contributed by atoms with Crippen molar-refractivity contribution in [3.8, 4) is 0 Å². The summed E-state index contributed by atoms with van der Waals surface area (Å²) in [4.78, 5) is 0. The van der Waals surface area contributed by atoms with Crippen molar-refractivity contribution < 1.29 is 0 Å². The molecule has 3 radical (unpaired) electrons. The van der Waals surface area contributed by atoms with Gasteiger partial charge in [-0.2, -0.15) is 0 Å². The summed E-state index contributed by atoms with van der Waals surface area (Å²) in [6.07, 6.45) is 0. The van der Waals surface area contributed by atoms with E-state index in [2.05, 4.69) is 89.3 Å². The van der Waals surface area contributed by atoms with Gasteiger partial charge in [0.05, 0.1) is 0 Å². The number of rotatable bonds is 0. The van der Waals surface area contributed by atoms with E-state index in [1.54, 1.807) is 0 Å². The van der Waals surface area contributed by atoms with E-state index < -0.39 is 0 Å². The van der Waals surface area contributed by atoms with Gasteiger partial charge < -0.3 is 0 Å². The summed E-state index contributed by atoms with van der Waals surface area (Å²) >= 11 is 2.39. The first-order valence-electron chi connectivity index (χ1n) is 7.35. The molecular weight excluding hydrogens is 313 g/mol. The number of hydrogen-bond acceptors (Lipinski definition) is 0. The van der Waals surface area contributed by atoms with Gasteiger partial charge in [0.25, 0.3) is 0 Å². The molecule has 0 unspecified atom stereocenters. The van der Waals surface area contributed by atoms with Crippen molar-refractivity contribution in [2.24, 2.45) is 0 Å². The first-order chi connectivity index (χ1) is 10.3. The molecular formula is C20H13Ge. The average Bonchev–Trinajstić information content (AvgIpc) is 2.56. The molecule has 0 nitrogen and oxygen atoms in total. The van der Waals surface area contributed by atoms with E-state index in [4.69, 9.17) is 0 Å². The molecule has 0 atom stereocenters. The molecule has 0 aromatic heterocycles. The van der Waals surface area contributed by atoms with E-state index in [0.717, 1.165) is 0 Å². The van der Waals surface area contributed by atoms with Gasteiger partial charge in [-0.15, -0.1) is 0 Å². The van der Waals surface area contributed by atoms with Crippen molar-refractivity contribution in [1.82, 2.24) is 0 Å². The van der Waals surface area contributed by atoms with Crippen LogP contribution in [0.3, 0.4) is 0 Å². The summed E-state index contributed by atoms with van der Waals surface area (Å²) < 4.78 is -0.0153. The number of hydrogen-bond donors (Lipinski definition) is 0. The van der Waals surface area contributed by atoms with E-state index in [1.165, 1.54) is 33.4 Å². The van der Waals surface area contributed by atoms with E-state index in [-0.39, 0.29) is 4.25 Å². The summed E-state index contributed by atoms with van der Waals surface area (Å²) in [7, 11) is 0. The van der Waals surface area contributed by atoms with Crippen LogP contribution in [0.5, 0.6) is 0 Å². The van der Waals surface area contributed by atoms with Crippen molar-refractivity contribution >= 4 is 16.5 Å². The third kappa shape index (κ3) is 1.28. The van der Waals surface area contributed by atoms with Gasteiger partial charge in [-0.25, -0.2) is 0 Å². The molecule has 0 heterocycles. The molecule has 0 N–H and O–H groups in total. The zero-order valence-electron chi connectivity index (χ0n) is 11.5. The second-order valence-corrected chi connectivity index (χ2v) is 7.52. The maximum atomic E-state index is 2.39. The Morgan fingerprint density at radius 1 is 0.571 bits per heavy atom. The summed E-state index contributed by atoms with van der Waals surface area (Å²) in [5, 5.41) is 0. The van der Waals surface area contributed by atoms with Crippen LogP contribution in [-0.2, 0) is 4.25 Å². The third-order valence-corrected chi connectivity index (χ3v) is 6.72. The van der Waals surface area contributed by atoms with Crippen LogP contribution >= 0.6 is 0 Å². The Morgan fingerprint density at radius 2 is 0.905 bits per heavy atom. The van der Waals surface area contributed by atoms with E-state index >= 15 is 0 Å². The molecule has 3 aliphatic rings. The second kappa shape index (κ2) is 3.89. The van der Waals surface area contributed by atoms with Crippen LogP contribution in [-0.4, -0.2) is 16.5 Å². The quantitative estimate of drug-likeness (QED) is 0.549. The van der Waals surface area contributed by atoms with Crippen LogP contribution in [0, 0.1) is 0 Å². The van der Waals surface area contributed by atoms with Gasteiger partial charge in [-0.1, -0.05) is 0 Å². The van der Waals surface area contributed by atoms with Gasteiger partial charge in [-0.3, -0.25) is 0 Å². The monoisotopic (exact) mass is 327 g/mol. The zero-order valence-corrected chi connectivity index (χ0v) is 13.6. The topological polar surface area (TPSA) is 0 Å². The predicted octanol–water partition coefficient (Wildman–Crippen LogP) is 3.95. The fourth-order valence-corrected chi connectivity index (χ4v) is 5.64. The van der Waals surface area contributed by atoms with Crippen LogP contribution < -0.4 is 0 Å². The number of benzene rings is 3. The normalized spacial score (nSPS) is 24.1. The Morgan fingerprint density at radius 3 is 1.29 bits per heavy atom. The summed E-state index contributed by atoms with van der Waals surface area (Å²) in [5.74, 6) is 0.399. The summed E-state index contributed by atoms with van der Waals surface area (Å²) in [6, 6.07) is 26.9. The molecule has 0 saturated carbocycles. The van der Waals surface area contributed by atoms with Gasteiger partial charge in [0.2, 0.25) is 0 Å². The SMILES string of the molecule is [Ge][C]12c3ccccc3C(c3ccccc31)c1ccccc12. The molecule has 0 saturated heterocycles. The van der Waals surface area contributed by atoms with Crippen LogP contribution in [0.15, 0.2) is 72.8 Å². The minimum atomic E-state index is -0.0153. The molecule has 6 rings (SSSR count). The van der Waals surface area contributed by atoms with E-state index in [1.807, 2.05) is 0 Å². The van der Waals surface area contributed by atoms with Gasteiger partial charge in [-0.05, 0) is 0 Å². The maximum absolute atomic E-state index is 2.39. The molecule has 0 fully saturated rings. The van der Waals surface area contributed by atoms with Gasteiger partial charge in [0.15, 0.2) is 0 Å². The average molecular weight is 326 g/mol. The first kappa shape index (κ1) is 11.8. The fraction of sp³-hybridized carbons (Fsp3) is 0.100. The van der Waals surface area contributed by atoms with Crippen molar-refractivity contribution in [2.75, 3.05) is 0 Å². The van der Waals surface area contributed by atoms with Crippen molar-refractivity contribution in [3.05, 3.63) is 106 Å². The van der Waals surface area contributed by atoms with Crippen LogP contribution in [0.1, 0.15) is 39.3 Å². The van der Waals surface area contributed by atoms with Crippen molar-refractivity contribution in [2.45, 2.75) is 10.2 Å². The Balaban J connectivity index is 2.00. The fourth-order valence-electron chi connectivity index (χ4n) is 4.21. The second-order valence-electron chi connectivity index (χ2n) is 5.94. The molecule has 0 spiro atoms. The zero-order chi connectivity index (χ0) is 14.0. The van der Waals surface area contributed by atoms with E-state index in [0.29, 0.717) is 5.92 Å². The van der Waals surface area contributed by atoms with Gasteiger partial charge in [0.1, 0.15) is 0 Å². The van der Waals surface area contributed by atoms with Crippen LogP contribution in [0.4, 0.5) is 0 Å². The third-order valence-electron chi connectivity index (χ3n) is 5.03. The predicted molar refractivity (Wildman–Crippen MR) is 85.9 cm³/mol. The Labute approximate surface area is 133 Å². The molecule has 3 aromatic rings. The first-order valence-corrected chi connectivity index (χ1v) is 8.40. The standard InChI is InChI=1S/C20H13Ge/c21-20-16-10-4-1-7-13(16)19(14-8-2-5-11-17(14)20)15-9-3-6-12-18(15)20/h1-12,19H. The van der Waals surface area contributed by atoms with Gasteiger partial charge >= 0.3 is 133 Å². The summed E-state index contributed by atoms with van der Waals surface area (Å²) in [5.41, 5.74) is 8.89. The molecule has 1 heteroatoms. The van der Waals surface area contributed by atoms with Crippen molar-refractivity contribution in [3.63, 3.8) is 0 Å². The van der Waals surface area contributed by atoms with Crippen LogP contribution in [0.25, 0.3) is 0 Å².